The molecule has 262 valence electrons. The molecule has 5 rings (SSSR count). The molecule has 0 atom stereocenters. The lowest BCUT2D eigenvalue weighted by Gasteiger charge is -2.32. The summed E-state index contributed by atoms with van der Waals surface area (Å²) in [5.74, 6) is 0. The molecular weight excluding hydrogens is 696 g/mol. The van der Waals surface area contributed by atoms with E-state index in [0.717, 1.165) is 38.6 Å². The van der Waals surface area contributed by atoms with Gasteiger partial charge in [-0.25, -0.2) is 0 Å². The van der Waals surface area contributed by atoms with Crippen molar-refractivity contribution < 1.29 is 0 Å². The maximum Gasteiger partial charge on any atom is 0.0657 e. The average molecular weight is 750 g/mol. The van der Waals surface area contributed by atoms with Gasteiger partial charge in [0, 0.05) is 27.8 Å². The van der Waals surface area contributed by atoms with Crippen molar-refractivity contribution in [1.29, 1.82) is 0 Å². The Kier molecular flexibility index (Phi) is 10.5. The van der Waals surface area contributed by atoms with Crippen LogP contribution in [0.25, 0.3) is 0 Å². The smallest absolute Gasteiger partial charge is 0.0657 e. The second kappa shape index (κ2) is 13.9. The first-order valence-electron chi connectivity index (χ1n) is 17.7. The second-order valence-electron chi connectivity index (χ2n) is 17.6. The van der Waals surface area contributed by atoms with Crippen LogP contribution in [0.5, 0.6) is 0 Å². The molecule has 0 bridgehead atoms. The third-order valence-electron chi connectivity index (χ3n) is 9.45. The molecule has 50 heavy (non-hydrogen) atoms. The van der Waals surface area contributed by atoms with Gasteiger partial charge in [0.2, 0.25) is 0 Å². The summed E-state index contributed by atoms with van der Waals surface area (Å²) in [4.78, 5) is 4.61. The minimum Gasteiger partial charge on any atom is -0.309 e. The molecule has 0 radical (unpaired) electrons. The predicted molar refractivity (Wildman–Crippen MR) is 223 cm³/mol. The molecule has 4 heteroatoms. The summed E-state index contributed by atoms with van der Waals surface area (Å²) in [5.41, 5.74) is 11.5. The zero-order valence-corrected chi connectivity index (χ0v) is 34.4. The van der Waals surface area contributed by atoms with Crippen LogP contribution in [0, 0.1) is 0 Å². The third-order valence-corrected chi connectivity index (χ3v) is 10.5. The number of hydrogen-bond acceptors (Lipinski definition) is 2. The molecular formula is C46H54BrClN2. The molecule has 0 aliphatic heterocycles. The fourth-order valence-corrected chi connectivity index (χ4v) is 6.97. The average Bonchev–Trinajstić information content (AvgIpc) is 3.03. The van der Waals surface area contributed by atoms with Gasteiger partial charge >= 0.3 is 0 Å². The van der Waals surface area contributed by atoms with E-state index in [4.69, 9.17) is 11.6 Å². The number of rotatable bonds is 6. The Morgan fingerprint density at radius 2 is 0.580 bits per heavy atom. The SMILES string of the molecule is CC(C)(C)c1ccc(N(c2ccc(C(C)(C)C)cc2)c2cc(Cl)cc(N(c3ccc(C(C)(C)C)cc3)c3ccc(C(C)(C)C)cc3)c2Br)cc1. The first-order valence-corrected chi connectivity index (χ1v) is 18.8. The van der Waals surface area contributed by atoms with Crippen LogP contribution in [-0.4, -0.2) is 0 Å². The Hall–Kier alpha value is -3.53. The first kappa shape index (κ1) is 37.7. The molecule has 0 saturated carbocycles. The molecule has 5 aromatic rings. The first-order chi connectivity index (χ1) is 23.1. The topological polar surface area (TPSA) is 6.48 Å². The van der Waals surface area contributed by atoms with Crippen molar-refractivity contribution >= 4 is 61.7 Å². The van der Waals surface area contributed by atoms with Gasteiger partial charge in [-0.1, -0.05) is 143 Å². The van der Waals surface area contributed by atoms with Gasteiger partial charge in [0.05, 0.1) is 15.8 Å². The van der Waals surface area contributed by atoms with Gasteiger partial charge in [-0.15, -0.1) is 0 Å². The number of hydrogen-bond donors (Lipinski definition) is 0. The highest BCUT2D eigenvalue weighted by Crippen LogP contribution is 2.49. The van der Waals surface area contributed by atoms with E-state index in [9.17, 15) is 0 Å². The van der Waals surface area contributed by atoms with E-state index in [1.165, 1.54) is 22.3 Å². The molecule has 0 heterocycles. The molecule has 0 aliphatic rings. The molecule has 5 aromatic carbocycles. The zero-order chi connectivity index (χ0) is 36.8. The van der Waals surface area contributed by atoms with Gasteiger partial charge in [-0.3, -0.25) is 0 Å². The van der Waals surface area contributed by atoms with E-state index < -0.39 is 0 Å². The maximum absolute atomic E-state index is 7.13. The summed E-state index contributed by atoms with van der Waals surface area (Å²) in [7, 11) is 0. The van der Waals surface area contributed by atoms with Crippen LogP contribution in [0.15, 0.2) is 114 Å². The van der Waals surface area contributed by atoms with Crippen molar-refractivity contribution in [2.24, 2.45) is 0 Å². The quantitative estimate of drug-likeness (QED) is 0.171. The lowest BCUT2D eigenvalue weighted by molar-refractivity contribution is 0.590. The summed E-state index contributed by atoms with van der Waals surface area (Å²) < 4.78 is 0.946. The fourth-order valence-electron chi connectivity index (χ4n) is 6.18. The number of halogens is 2. The monoisotopic (exact) mass is 748 g/mol. The van der Waals surface area contributed by atoms with Crippen LogP contribution in [0.1, 0.15) is 105 Å². The van der Waals surface area contributed by atoms with Gasteiger partial charge in [-0.05, 0) is 121 Å². The molecule has 0 fully saturated rings. The Bertz CT molecular complexity index is 1660. The largest absolute Gasteiger partial charge is 0.309 e. The van der Waals surface area contributed by atoms with Crippen molar-refractivity contribution in [3.8, 4) is 0 Å². The minimum atomic E-state index is 0.0487. The molecule has 0 saturated heterocycles. The highest BCUT2D eigenvalue weighted by atomic mass is 79.9. The van der Waals surface area contributed by atoms with Crippen molar-refractivity contribution in [2.75, 3.05) is 9.80 Å². The van der Waals surface area contributed by atoms with Crippen molar-refractivity contribution in [3.63, 3.8) is 0 Å². The molecule has 0 unspecified atom stereocenters. The van der Waals surface area contributed by atoms with Gasteiger partial charge < -0.3 is 9.80 Å². The lowest BCUT2D eigenvalue weighted by atomic mass is 9.86. The summed E-state index contributed by atoms with van der Waals surface area (Å²) >= 11 is 11.3. The normalized spacial score (nSPS) is 12.6. The standard InChI is InChI=1S/C46H54BrClN2/c1-43(2,3)31-13-21-36(22-14-31)49(37-23-15-32(16-24-37)44(4,5)6)40-29-35(48)30-41(42(40)47)50(38-25-17-33(18-26-38)45(7,8)9)39-27-19-34(20-28-39)46(10,11)12/h13-30H,1-12H3. The summed E-state index contributed by atoms with van der Waals surface area (Å²) in [6.07, 6.45) is 0. The Morgan fingerprint density at radius 3 is 0.760 bits per heavy atom. The number of benzene rings is 5. The summed E-state index contributed by atoms with van der Waals surface area (Å²) in [5, 5.41) is 0.656. The van der Waals surface area contributed by atoms with E-state index in [-0.39, 0.29) is 21.7 Å². The molecule has 0 spiro atoms. The third kappa shape index (κ3) is 8.32. The molecule has 0 N–H and O–H groups in total. The van der Waals surface area contributed by atoms with Gasteiger partial charge in [0.15, 0.2) is 0 Å². The molecule has 0 amide bonds. The van der Waals surface area contributed by atoms with Crippen LogP contribution in [0.2, 0.25) is 5.02 Å². The molecule has 0 aliphatic carbocycles. The maximum atomic E-state index is 7.13. The van der Waals surface area contributed by atoms with E-state index >= 15 is 0 Å². The molecule has 2 nitrogen and oxygen atoms in total. The Labute approximate surface area is 315 Å². The Morgan fingerprint density at radius 1 is 0.380 bits per heavy atom. The molecule has 0 aromatic heterocycles. The van der Waals surface area contributed by atoms with E-state index in [2.05, 4.69) is 218 Å². The number of anilines is 6. The van der Waals surface area contributed by atoms with E-state index in [1.54, 1.807) is 0 Å². The number of nitrogens with zero attached hydrogens (tertiary/aromatic N) is 2. The van der Waals surface area contributed by atoms with Crippen LogP contribution >= 0.6 is 27.5 Å². The lowest BCUT2D eigenvalue weighted by Crippen LogP contribution is -2.17. The predicted octanol–water partition coefficient (Wildman–Crippen LogP) is 15.2. The highest BCUT2D eigenvalue weighted by Gasteiger charge is 2.25. The second-order valence-corrected chi connectivity index (χ2v) is 18.8. The van der Waals surface area contributed by atoms with Crippen molar-refractivity contribution in [2.45, 2.75) is 105 Å². The van der Waals surface area contributed by atoms with E-state index in [1.807, 2.05) is 0 Å². The Balaban J connectivity index is 1.74. The summed E-state index contributed by atoms with van der Waals surface area (Å²) in [6, 6.07) is 39.8. The zero-order valence-electron chi connectivity index (χ0n) is 32.0. The van der Waals surface area contributed by atoms with Gasteiger partial charge in [-0.2, -0.15) is 0 Å². The van der Waals surface area contributed by atoms with Crippen LogP contribution in [0.3, 0.4) is 0 Å². The van der Waals surface area contributed by atoms with Gasteiger partial charge in [0.25, 0.3) is 0 Å². The minimum absolute atomic E-state index is 0.0487. The highest BCUT2D eigenvalue weighted by molar-refractivity contribution is 9.10. The summed E-state index contributed by atoms with van der Waals surface area (Å²) in [6.45, 7) is 27.0. The van der Waals surface area contributed by atoms with Crippen LogP contribution in [0.4, 0.5) is 34.1 Å². The fraction of sp³-hybridized carbons (Fsp3) is 0.348. The van der Waals surface area contributed by atoms with Crippen molar-refractivity contribution in [3.05, 3.63) is 141 Å². The van der Waals surface area contributed by atoms with Crippen LogP contribution < -0.4 is 9.80 Å². The van der Waals surface area contributed by atoms with Crippen LogP contribution in [-0.2, 0) is 21.7 Å². The van der Waals surface area contributed by atoms with E-state index in [0.29, 0.717) is 5.02 Å². The van der Waals surface area contributed by atoms with Crippen molar-refractivity contribution in [1.82, 2.24) is 0 Å². The van der Waals surface area contributed by atoms with Gasteiger partial charge in [0.1, 0.15) is 0 Å².